The van der Waals surface area contributed by atoms with Crippen LogP contribution in [-0.4, -0.2) is 30.2 Å². The van der Waals surface area contributed by atoms with E-state index in [0.717, 1.165) is 0 Å². The Kier molecular flexibility index (Phi) is 4.46. The highest BCUT2D eigenvalue weighted by atomic mass is 79.9. The summed E-state index contributed by atoms with van der Waals surface area (Å²) in [6.45, 7) is 0. The van der Waals surface area contributed by atoms with Crippen molar-refractivity contribution in [3.05, 3.63) is 52.5 Å². The SMILES string of the molecule is Nc1ccc(S(=O)(=O)NC(=O)C(=O)c2c(O)[nH]c3ccc(Br)cc23)cc1. The lowest BCUT2D eigenvalue weighted by atomic mass is 10.1. The van der Waals surface area contributed by atoms with Crippen LogP contribution in [0.5, 0.6) is 5.88 Å². The number of hydrogen-bond donors (Lipinski definition) is 4. The minimum absolute atomic E-state index is 0.223. The van der Waals surface area contributed by atoms with Crippen LogP contribution in [0.4, 0.5) is 5.69 Å². The Balaban J connectivity index is 1.93. The molecular formula is C16H12BrN3O5S. The van der Waals surface area contributed by atoms with E-state index in [2.05, 4.69) is 20.9 Å². The summed E-state index contributed by atoms with van der Waals surface area (Å²) in [4.78, 5) is 26.9. The Morgan fingerprint density at radius 1 is 1.12 bits per heavy atom. The largest absolute Gasteiger partial charge is 0.494 e. The third-order valence-corrected chi connectivity index (χ3v) is 5.43. The van der Waals surface area contributed by atoms with Gasteiger partial charge in [0.1, 0.15) is 0 Å². The molecule has 134 valence electrons. The van der Waals surface area contributed by atoms with Gasteiger partial charge in [0.15, 0.2) is 0 Å². The van der Waals surface area contributed by atoms with Gasteiger partial charge in [-0.2, -0.15) is 0 Å². The van der Waals surface area contributed by atoms with Gasteiger partial charge in [-0.25, -0.2) is 13.1 Å². The number of hydrogen-bond acceptors (Lipinski definition) is 6. The minimum atomic E-state index is -4.26. The molecule has 8 nitrogen and oxygen atoms in total. The number of aromatic nitrogens is 1. The molecule has 0 aliphatic rings. The molecule has 2 aromatic carbocycles. The summed E-state index contributed by atoms with van der Waals surface area (Å²) in [5, 5.41) is 10.2. The number of carbonyl (C=O) groups excluding carboxylic acids is 2. The number of aromatic amines is 1. The van der Waals surface area contributed by atoms with Crippen LogP contribution < -0.4 is 10.5 Å². The second-order valence-corrected chi connectivity index (χ2v) is 7.97. The highest BCUT2D eigenvalue weighted by Gasteiger charge is 2.28. The Hall–Kier alpha value is -2.85. The van der Waals surface area contributed by atoms with E-state index in [4.69, 9.17) is 5.73 Å². The van der Waals surface area contributed by atoms with Crippen molar-refractivity contribution in [2.24, 2.45) is 0 Å². The molecule has 1 amide bonds. The number of halogens is 1. The van der Waals surface area contributed by atoms with Gasteiger partial charge in [-0.1, -0.05) is 15.9 Å². The summed E-state index contributed by atoms with van der Waals surface area (Å²) in [7, 11) is -4.26. The lowest BCUT2D eigenvalue weighted by Crippen LogP contribution is -2.36. The van der Waals surface area contributed by atoms with Crippen molar-refractivity contribution in [3.63, 3.8) is 0 Å². The molecule has 0 aliphatic heterocycles. The third-order valence-electron chi connectivity index (χ3n) is 3.59. The zero-order chi connectivity index (χ0) is 19.1. The van der Waals surface area contributed by atoms with Gasteiger partial charge in [-0.15, -0.1) is 0 Å². The summed E-state index contributed by atoms with van der Waals surface area (Å²) >= 11 is 3.23. The lowest BCUT2D eigenvalue weighted by Gasteiger charge is -2.06. The van der Waals surface area contributed by atoms with Gasteiger partial charge in [0.2, 0.25) is 5.88 Å². The predicted molar refractivity (Wildman–Crippen MR) is 98.2 cm³/mol. The second-order valence-electron chi connectivity index (χ2n) is 5.37. The van der Waals surface area contributed by atoms with Crippen molar-refractivity contribution in [2.75, 3.05) is 5.73 Å². The molecule has 0 saturated carbocycles. The molecule has 26 heavy (non-hydrogen) atoms. The standard InChI is InChI=1S/C16H12BrN3O5S/c17-8-1-6-12-11(7-8)13(15(22)19-12)14(21)16(23)20-26(24,25)10-4-2-9(18)3-5-10/h1-7,19,22H,18H2,(H,20,23). The first-order chi connectivity index (χ1) is 12.2. The number of nitrogen functional groups attached to an aromatic ring is 1. The number of fused-ring (bicyclic) bond motifs is 1. The molecule has 0 fully saturated rings. The van der Waals surface area contributed by atoms with Crippen molar-refractivity contribution in [1.29, 1.82) is 0 Å². The van der Waals surface area contributed by atoms with Crippen molar-refractivity contribution < 1.29 is 23.1 Å². The Bertz CT molecular complexity index is 1140. The number of H-pyrrole nitrogens is 1. The van der Waals surface area contributed by atoms with Gasteiger partial charge in [-0.3, -0.25) is 9.59 Å². The Morgan fingerprint density at radius 3 is 2.42 bits per heavy atom. The van der Waals surface area contributed by atoms with Gasteiger partial charge in [0.05, 0.1) is 10.5 Å². The summed E-state index contributed by atoms with van der Waals surface area (Å²) in [5.74, 6) is -3.10. The Morgan fingerprint density at radius 2 is 1.77 bits per heavy atom. The fourth-order valence-corrected chi connectivity index (χ4v) is 3.68. The van der Waals surface area contributed by atoms with Gasteiger partial charge in [-0.05, 0) is 42.5 Å². The first-order valence-corrected chi connectivity index (χ1v) is 9.44. The maximum absolute atomic E-state index is 12.4. The monoisotopic (exact) mass is 437 g/mol. The van der Waals surface area contributed by atoms with Crippen molar-refractivity contribution in [2.45, 2.75) is 4.90 Å². The van der Waals surface area contributed by atoms with E-state index >= 15 is 0 Å². The number of aromatic hydroxyl groups is 1. The third kappa shape index (κ3) is 3.28. The first-order valence-electron chi connectivity index (χ1n) is 7.16. The van der Waals surface area contributed by atoms with Crippen molar-refractivity contribution >= 4 is 54.2 Å². The number of sulfonamides is 1. The Labute approximate surface area is 156 Å². The van der Waals surface area contributed by atoms with Gasteiger partial charge < -0.3 is 15.8 Å². The molecule has 5 N–H and O–H groups in total. The van der Waals surface area contributed by atoms with Crippen LogP contribution in [0.1, 0.15) is 10.4 Å². The summed E-state index contributed by atoms with van der Waals surface area (Å²) < 4.78 is 26.8. The number of amides is 1. The van der Waals surface area contributed by atoms with Gasteiger partial charge in [0.25, 0.3) is 15.8 Å². The number of anilines is 1. The summed E-state index contributed by atoms with van der Waals surface area (Å²) in [5.41, 5.74) is 5.95. The molecule has 0 radical (unpaired) electrons. The molecular weight excluding hydrogens is 426 g/mol. The number of nitrogens with two attached hydrogens (primary N) is 1. The van der Waals surface area contributed by atoms with Crippen LogP contribution >= 0.6 is 15.9 Å². The lowest BCUT2D eigenvalue weighted by molar-refractivity contribution is -0.115. The number of ketones is 1. The molecule has 0 saturated heterocycles. The molecule has 3 aromatic rings. The van der Waals surface area contributed by atoms with E-state index in [9.17, 15) is 23.1 Å². The van der Waals surface area contributed by atoms with Crippen molar-refractivity contribution in [3.8, 4) is 5.88 Å². The fourth-order valence-electron chi connectivity index (χ4n) is 2.37. The first kappa shape index (κ1) is 18.0. The summed E-state index contributed by atoms with van der Waals surface area (Å²) in [6, 6.07) is 9.91. The predicted octanol–water partition coefficient (Wildman–Crippen LogP) is 1.91. The van der Waals surface area contributed by atoms with E-state index in [-0.39, 0.29) is 15.8 Å². The fraction of sp³-hybridized carbons (Fsp3) is 0. The molecule has 0 unspecified atom stereocenters. The topological polar surface area (TPSA) is 142 Å². The highest BCUT2D eigenvalue weighted by Crippen LogP contribution is 2.30. The van der Waals surface area contributed by atoms with Crippen molar-refractivity contribution in [1.82, 2.24) is 9.71 Å². The normalized spacial score (nSPS) is 11.4. The maximum Gasteiger partial charge on any atom is 0.306 e. The van der Waals surface area contributed by atoms with E-state index in [0.29, 0.717) is 15.7 Å². The number of nitrogens with one attached hydrogen (secondary N) is 2. The molecule has 1 aromatic heterocycles. The van der Waals surface area contributed by atoms with Crippen LogP contribution in [0.15, 0.2) is 51.8 Å². The van der Waals surface area contributed by atoms with E-state index < -0.39 is 27.6 Å². The van der Waals surface area contributed by atoms with Crippen LogP contribution in [0.3, 0.4) is 0 Å². The van der Waals surface area contributed by atoms with Crippen LogP contribution in [0, 0.1) is 0 Å². The number of rotatable bonds is 4. The molecule has 0 spiro atoms. The smallest absolute Gasteiger partial charge is 0.306 e. The minimum Gasteiger partial charge on any atom is -0.494 e. The molecule has 10 heteroatoms. The highest BCUT2D eigenvalue weighted by molar-refractivity contribution is 9.10. The zero-order valence-electron chi connectivity index (χ0n) is 13.0. The zero-order valence-corrected chi connectivity index (χ0v) is 15.4. The molecule has 1 heterocycles. The van der Waals surface area contributed by atoms with E-state index in [1.54, 1.807) is 16.9 Å². The molecule has 0 atom stereocenters. The van der Waals surface area contributed by atoms with Crippen LogP contribution in [0.2, 0.25) is 0 Å². The average Bonchev–Trinajstić information content (AvgIpc) is 2.89. The van der Waals surface area contributed by atoms with Crippen LogP contribution in [0.25, 0.3) is 10.9 Å². The van der Waals surface area contributed by atoms with Crippen LogP contribution in [-0.2, 0) is 14.8 Å². The quantitative estimate of drug-likeness (QED) is 0.279. The number of benzene rings is 2. The van der Waals surface area contributed by atoms with Gasteiger partial charge >= 0.3 is 5.91 Å². The van der Waals surface area contributed by atoms with Gasteiger partial charge in [0, 0.05) is 21.1 Å². The van der Waals surface area contributed by atoms with E-state index in [1.807, 2.05) is 0 Å². The van der Waals surface area contributed by atoms with E-state index in [1.165, 1.54) is 30.3 Å². The number of carbonyl (C=O) groups is 2. The average molecular weight is 438 g/mol. The molecule has 0 aliphatic carbocycles. The molecule has 3 rings (SSSR count). The molecule has 0 bridgehead atoms. The summed E-state index contributed by atoms with van der Waals surface area (Å²) in [6.07, 6.45) is 0. The maximum atomic E-state index is 12.4. The second kappa shape index (κ2) is 6.46. The number of Topliss-reactive ketones (excluding diaryl/α,β-unsaturated/α-hetero) is 1.